The highest BCUT2D eigenvalue weighted by Crippen LogP contribution is 2.38. The molecule has 3 rings (SSSR count). The second-order valence-electron chi connectivity index (χ2n) is 6.82. The maximum atomic E-state index is 12.6. The van der Waals surface area contributed by atoms with Gasteiger partial charge in [-0.1, -0.05) is 17.7 Å². The molecule has 0 unspecified atom stereocenters. The Morgan fingerprint density at radius 3 is 3.00 bits per heavy atom. The number of carbonyl (C=O) groups excluding carboxylic acids is 1. The Morgan fingerprint density at radius 1 is 1.47 bits per heavy atom. The normalized spacial score (nSPS) is 21.1. The first kappa shape index (κ1) is 22.3. The topological polar surface area (TPSA) is 90.5 Å². The Balaban J connectivity index is 1.77. The molecule has 2 aromatic rings. The van der Waals surface area contributed by atoms with Crippen LogP contribution >= 0.6 is 23.1 Å². The fourth-order valence-electron chi connectivity index (χ4n) is 3.13. The van der Waals surface area contributed by atoms with Gasteiger partial charge in [-0.2, -0.15) is 8.78 Å². The molecule has 0 amide bonds. The number of alkyl halides is 2. The first-order valence-electron chi connectivity index (χ1n) is 9.08. The maximum absolute atomic E-state index is 12.6. The summed E-state index contributed by atoms with van der Waals surface area (Å²) < 4.78 is 29.3. The highest BCUT2D eigenvalue weighted by Gasteiger charge is 2.36. The Hall–Kier alpha value is -2.35. The number of Topliss-reactive ketones (excluding diaryl/α,β-unsaturated/α-hetero) is 1. The second kappa shape index (κ2) is 9.64. The molecule has 0 aromatic carbocycles. The molecule has 2 atom stereocenters. The maximum Gasteiger partial charge on any atom is 0.345 e. The highest BCUT2D eigenvalue weighted by atomic mass is 32.2. The second-order valence-corrected chi connectivity index (χ2v) is 9.17. The first-order valence-corrected chi connectivity index (χ1v) is 10.8. The van der Waals surface area contributed by atoms with Crippen molar-refractivity contribution < 1.29 is 18.3 Å². The predicted molar refractivity (Wildman–Crippen MR) is 114 cm³/mol. The third-order valence-electron chi connectivity index (χ3n) is 4.41. The van der Waals surface area contributed by atoms with Crippen LogP contribution in [-0.2, 0) is 16.7 Å². The number of ketones is 1. The largest absolute Gasteiger partial charge is 0.379 e. The molecule has 6 nitrogen and oxygen atoms in total. The number of rotatable bonds is 7. The van der Waals surface area contributed by atoms with Crippen molar-refractivity contribution in [3.05, 3.63) is 45.7 Å². The highest BCUT2D eigenvalue weighted by molar-refractivity contribution is 8.14. The van der Waals surface area contributed by atoms with Crippen LogP contribution in [0.15, 0.2) is 29.5 Å². The van der Waals surface area contributed by atoms with E-state index in [4.69, 9.17) is 5.73 Å². The summed E-state index contributed by atoms with van der Waals surface area (Å²) in [5, 5.41) is 0.419. The van der Waals surface area contributed by atoms with Crippen LogP contribution in [0.25, 0.3) is 0 Å². The van der Waals surface area contributed by atoms with Crippen molar-refractivity contribution in [1.29, 1.82) is 0 Å². The Kier molecular flexibility index (Phi) is 7.18. The van der Waals surface area contributed by atoms with Crippen LogP contribution in [0.2, 0.25) is 0 Å². The number of aromatic nitrogens is 2. The smallest absolute Gasteiger partial charge is 0.345 e. The minimum atomic E-state index is -2.83. The monoisotopic (exact) mass is 450 g/mol. The zero-order chi connectivity index (χ0) is 21.7. The summed E-state index contributed by atoms with van der Waals surface area (Å²) in [6.45, 7) is 0.599. The number of halogens is 2. The lowest BCUT2D eigenvalue weighted by molar-refractivity contribution is -0.128. The molecule has 1 aliphatic rings. The molecule has 0 radical (unpaired) electrons. The van der Waals surface area contributed by atoms with Crippen molar-refractivity contribution >= 4 is 34.0 Å². The van der Waals surface area contributed by atoms with E-state index in [1.807, 2.05) is 6.92 Å². The van der Waals surface area contributed by atoms with Crippen LogP contribution < -0.4 is 5.73 Å². The van der Waals surface area contributed by atoms with Crippen molar-refractivity contribution in [2.45, 2.75) is 44.1 Å². The van der Waals surface area contributed by atoms with Gasteiger partial charge in [-0.15, -0.1) is 17.3 Å². The Bertz CT molecular complexity index is 1020. The molecule has 10 heteroatoms. The van der Waals surface area contributed by atoms with Gasteiger partial charge in [0.15, 0.2) is 16.0 Å². The van der Waals surface area contributed by atoms with E-state index >= 15 is 0 Å². The fraction of sp³-hybridized carbons (Fsp3) is 0.400. The summed E-state index contributed by atoms with van der Waals surface area (Å²) in [6.07, 6.45) is 3.79. The number of hydrogen-bond donors (Lipinski definition) is 1. The third-order valence-corrected chi connectivity index (χ3v) is 6.33. The number of thioether (sulfide) groups is 1. The lowest BCUT2D eigenvalue weighted by Gasteiger charge is -2.33. The van der Waals surface area contributed by atoms with Crippen LogP contribution in [0.4, 0.5) is 8.78 Å². The van der Waals surface area contributed by atoms with Gasteiger partial charge < -0.3 is 10.5 Å². The number of nitrogens with two attached hydrogens (primary N) is 1. The molecule has 0 spiro atoms. The van der Waals surface area contributed by atoms with Crippen LogP contribution in [0.3, 0.4) is 0 Å². The molecule has 158 valence electrons. The van der Waals surface area contributed by atoms with Gasteiger partial charge in [-0.3, -0.25) is 9.78 Å². The van der Waals surface area contributed by atoms with Crippen molar-refractivity contribution in [3.8, 4) is 11.8 Å². The van der Waals surface area contributed by atoms with Crippen molar-refractivity contribution in [2.75, 3.05) is 6.61 Å². The Morgan fingerprint density at radius 2 is 2.27 bits per heavy atom. The molecule has 0 bridgehead atoms. The summed E-state index contributed by atoms with van der Waals surface area (Å²) in [6, 6.07) is 3.56. The number of nitrogens with zero attached hydrogens (tertiary/aromatic N) is 3. The number of hydrogen-bond acceptors (Lipinski definition) is 8. The van der Waals surface area contributed by atoms with Crippen LogP contribution in [0.1, 0.15) is 46.2 Å². The van der Waals surface area contributed by atoms with E-state index in [2.05, 4.69) is 31.5 Å². The van der Waals surface area contributed by atoms with E-state index in [0.717, 1.165) is 10.4 Å². The van der Waals surface area contributed by atoms with E-state index in [1.165, 1.54) is 23.1 Å². The van der Waals surface area contributed by atoms with E-state index in [1.54, 1.807) is 31.5 Å². The summed E-state index contributed by atoms with van der Waals surface area (Å²) >= 11 is 2.47. The quantitative estimate of drug-likeness (QED) is 0.512. The first-order chi connectivity index (χ1) is 14.3. The molecule has 0 saturated carbocycles. The van der Waals surface area contributed by atoms with E-state index < -0.39 is 12.2 Å². The van der Waals surface area contributed by atoms with Gasteiger partial charge in [0.25, 0.3) is 0 Å². The van der Waals surface area contributed by atoms with Gasteiger partial charge >= 0.3 is 6.61 Å². The molecular weight excluding hydrogens is 430 g/mol. The van der Waals surface area contributed by atoms with Gasteiger partial charge in [-0.05, 0) is 38.0 Å². The molecular formula is C20H20F2N4O2S2. The van der Waals surface area contributed by atoms with Crippen LogP contribution in [-0.4, -0.2) is 39.4 Å². The van der Waals surface area contributed by atoms with Crippen LogP contribution in [0.5, 0.6) is 0 Å². The SMILES string of the molecule is CC#Cc1cnc(C(=O)Cc2ccnc([C@]3(C)C[C@@H](COC(F)F)SC(N)=N3)c2)s1. The minimum absolute atomic E-state index is 0.114. The average molecular weight is 451 g/mol. The van der Waals surface area contributed by atoms with Crippen molar-refractivity contribution in [3.63, 3.8) is 0 Å². The number of aliphatic imine (C=N–C) groups is 1. The summed E-state index contributed by atoms with van der Waals surface area (Å²) in [5.41, 5.74) is 6.52. The molecule has 30 heavy (non-hydrogen) atoms. The molecule has 0 fully saturated rings. The number of carbonyl (C=O) groups is 1. The molecule has 0 aliphatic carbocycles. The number of ether oxygens (including phenoxy) is 1. The molecule has 2 N–H and O–H groups in total. The van der Waals surface area contributed by atoms with Crippen molar-refractivity contribution in [1.82, 2.24) is 9.97 Å². The lowest BCUT2D eigenvalue weighted by atomic mass is 9.90. The molecule has 1 aliphatic heterocycles. The number of amidine groups is 1. The van der Waals surface area contributed by atoms with E-state index in [-0.39, 0.29) is 24.1 Å². The van der Waals surface area contributed by atoms with Crippen LogP contribution in [0, 0.1) is 11.8 Å². The standard InChI is InChI=1S/C20H20F2N4O2S2/c1-3-4-13-10-25-17(29-13)15(27)7-12-5-6-24-16(8-12)20(2)9-14(11-28-18(21)22)30-19(23)26-20/h5-6,8,10,14,18H,7,9,11H2,1-2H3,(H2,23,26)/t14-,20-/m0/s1. The van der Waals surface area contributed by atoms with Gasteiger partial charge in [-0.25, -0.2) is 9.98 Å². The van der Waals surface area contributed by atoms with Gasteiger partial charge in [0.1, 0.15) is 5.54 Å². The van der Waals surface area contributed by atoms with Gasteiger partial charge in [0, 0.05) is 17.9 Å². The average Bonchev–Trinajstić information content (AvgIpc) is 3.15. The Labute approximate surface area is 181 Å². The summed E-state index contributed by atoms with van der Waals surface area (Å²) in [5.74, 6) is 5.56. The van der Waals surface area contributed by atoms with Gasteiger partial charge in [0.2, 0.25) is 0 Å². The third kappa shape index (κ3) is 5.62. The van der Waals surface area contributed by atoms with Crippen molar-refractivity contribution in [2.24, 2.45) is 10.7 Å². The fourth-order valence-corrected chi connectivity index (χ4v) is 5.04. The minimum Gasteiger partial charge on any atom is -0.379 e. The number of thiazole rings is 1. The zero-order valence-corrected chi connectivity index (χ0v) is 18.0. The van der Waals surface area contributed by atoms with E-state index in [0.29, 0.717) is 22.3 Å². The lowest BCUT2D eigenvalue weighted by Crippen LogP contribution is -2.36. The molecule has 0 saturated heterocycles. The van der Waals surface area contributed by atoms with E-state index in [9.17, 15) is 13.6 Å². The zero-order valence-electron chi connectivity index (χ0n) is 16.4. The molecule has 3 heterocycles. The predicted octanol–water partition coefficient (Wildman–Crippen LogP) is 3.61. The number of pyridine rings is 1. The summed E-state index contributed by atoms with van der Waals surface area (Å²) in [7, 11) is 0. The summed E-state index contributed by atoms with van der Waals surface area (Å²) in [4.78, 5) is 26.4. The molecule has 2 aromatic heterocycles. The van der Waals surface area contributed by atoms with Gasteiger partial charge in [0.05, 0.1) is 23.4 Å².